The van der Waals surface area contributed by atoms with Crippen LogP contribution in [0, 0.1) is 10.8 Å². The molecule has 0 unspecified atom stereocenters. The smallest absolute Gasteiger partial charge is 0.407 e. The average molecular weight is 544 g/mol. The highest BCUT2D eigenvalue weighted by molar-refractivity contribution is 8.76. The number of hydrogen-bond acceptors (Lipinski definition) is 8. The molecule has 2 fully saturated rings. The first-order chi connectivity index (χ1) is 17.2. The highest BCUT2D eigenvalue weighted by Gasteiger charge is 2.34. The first-order valence-electron chi connectivity index (χ1n) is 13.5. The molecule has 1 amide bonds. The van der Waals surface area contributed by atoms with Crippen LogP contribution in [0.5, 0.6) is 0 Å². The van der Waals surface area contributed by atoms with Gasteiger partial charge in [-0.05, 0) is 56.8 Å². The van der Waals surface area contributed by atoms with Crippen molar-refractivity contribution in [1.82, 2.24) is 5.32 Å². The fourth-order valence-electron chi connectivity index (χ4n) is 5.82. The van der Waals surface area contributed by atoms with Gasteiger partial charge in [0.15, 0.2) is 0 Å². The van der Waals surface area contributed by atoms with Gasteiger partial charge in [-0.15, -0.1) is 0 Å². The van der Waals surface area contributed by atoms with E-state index in [2.05, 4.69) is 5.32 Å². The third-order valence-electron chi connectivity index (χ3n) is 7.46. The van der Waals surface area contributed by atoms with E-state index < -0.39 is 6.09 Å². The van der Waals surface area contributed by atoms with Crippen molar-refractivity contribution in [3.05, 3.63) is 0 Å². The normalized spacial score (nSPS) is 18.7. The summed E-state index contributed by atoms with van der Waals surface area (Å²) in [5.41, 5.74) is -0.125. The number of esters is 1. The van der Waals surface area contributed by atoms with Gasteiger partial charge in [-0.25, -0.2) is 4.79 Å². The van der Waals surface area contributed by atoms with Crippen molar-refractivity contribution in [3.63, 3.8) is 0 Å². The maximum absolute atomic E-state index is 12.2. The molecule has 206 valence electrons. The lowest BCUT2D eigenvalue weighted by atomic mass is 9.68. The SMILES string of the molecule is CC(=O)CC1(CCC(=O)OCCSSCCOC(=O)NCC2(CC(C)=O)CCCCC2)CCCCC1. The molecule has 0 radical (unpaired) electrons. The number of amides is 1. The second-order valence-corrected chi connectivity index (χ2v) is 13.4. The fraction of sp³-hybridized carbons (Fsp3) is 0.852. The molecule has 0 aromatic heterocycles. The summed E-state index contributed by atoms with van der Waals surface area (Å²) >= 11 is 0. The van der Waals surface area contributed by atoms with E-state index in [1.165, 1.54) is 12.8 Å². The molecule has 0 heterocycles. The highest BCUT2D eigenvalue weighted by atomic mass is 33.1. The van der Waals surface area contributed by atoms with Crippen molar-refractivity contribution in [3.8, 4) is 0 Å². The number of ether oxygens (including phenoxy) is 2. The van der Waals surface area contributed by atoms with Crippen LogP contribution >= 0.6 is 21.6 Å². The Labute approximate surface area is 224 Å². The van der Waals surface area contributed by atoms with Gasteiger partial charge in [-0.1, -0.05) is 60.1 Å². The Morgan fingerprint density at radius 2 is 1.22 bits per heavy atom. The topological polar surface area (TPSA) is 98.8 Å². The van der Waals surface area contributed by atoms with E-state index in [4.69, 9.17) is 9.47 Å². The zero-order valence-electron chi connectivity index (χ0n) is 22.2. The largest absolute Gasteiger partial charge is 0.465 e. The molecular weight excluding hydrogens is 498 g/mol. The van der Waals surface area contributed by atoms with E-state index in [9.17, 15) is 19.2 Å². The second-order valence-electron chi connectivity index (χ2n) is 10.7. The van der Waals surface area contributed by atoms with Gasteiger partial charge >= 0.3 is 12.1 Å². The molecule has 2 rings (SSSR count). The van der Waals surface area contributed by atoms with Crippen LogP contribution in [-0.2, 0) is 23.9 Å². The third-order valence-corrected chi connectivity index (χ3v) is 9.79. The summed E-state index contributed by atoms with van der Waals surface area (Å²) in [5, 5.41) is 2.87. The number of ketones is 2. The predicted octanol–water partition coefficient (Wildman–Crippen LogP) is 6.28. The Balaban J connectivity index is 1.50. The summed E-state index contributed by atoms with van der Waals surface area (Å²) in [6.45, 7) is 4.42. The van der Waals surface area contributed by atoms with Crippen molar-refractivity contribution >= 4 is 45.2 Å². The van der Waals surface area contributed by atoms with Gasteiger partial charge in [0, 0.05) is 37.3 Å². The van der Waals surface area contributed by atoms with Crippen LogP contribution in [0.25, 0.3) is 0 Å². The van der Waals surface area contributed by atoms with Crippen molar-refractivity contribution in [1.29, 1.82) is 0 Å². The van der Waals surface area contributed by atoms with Crippen molar-refractivity contribution < 1.29 is 28.7 Å². The van der Waals surface area contributed by atoms with Crippen molar-refractivity contribution in [2.24, 2.45) is 10.8 Å². The summed E-state index contributed by atoms with van der Waals surface area (Å²) in [4.78, 5) is 47.6. The van der Waals surface area contributed by atoms with E-state index in [1.807, 2.05) is 0 Å². The Bertz CT molecular complexity index is 657. The number of alkyl carbamates (subject to hydrolysis) is 1. The molecule has 36 heavy (non-hydrogen) atoms. The molecule has 7 nitrogen and oxygen atoms in total. The lowest BCUT2D eigenvalue weighted by molar-refractivity contribution is -0.144. The van der Waals surface area contributed by atoms with Crippen LogP contribution in [0.1, 0.15) is 104 Å². The quantitative estimate of drug-likeness (QED) is 0.138. The Kier molecular flexibility index (Phi) is 14.3. The standard InChI is InChI=1S/C27H45NO6S2/c1-22(29)19-26(10-5-3-6-11-26)14-9-24(31)33-15-17-35-36-18-16-34-25(32)28-21-27(20-23(2)30)12-7-4-8-13-27/h3-21H2,1-2H3,(H,28,32). The van der Waals surface area contributed by atoms with E-state index in [0.717, 1.165) is 57.8 Å². The van der Waals surface area contributed by atoms with E-state index in [1.54, 1.807) is 35.4 Å². The monoisotopic (exact) mass is 543 g/mol. The highest BCUT2D eigenvalue weighted by Crippen LogP contribution is 2.43. The first-order valence-corrected chi connectivity index (χ1v) is 16.0. The summed E-state index contributed by atoms with van der Waals surface area (Å²) in [6.07, 6.45) is 12.7. The van der Waals surface area contributed by atoms with Gasteiger partial charge in [0.05, 0.1) is 0 Å². The molecule has 2 aliphatic carbocycles. The fourth-order valence-corrected chi connectivity index (χ4v) is 7.47. The van der Waals surface area contributed by atoms with Gasteiger partial charge in [0.1, 0.15) is 24.8 Å². The van der Waals surface area contributed by atoms with Gasteiger partial charge in [0.25, 0.3) is 0 Å². The van der Waals surface area contributed by atoms with Crippen molar-refractivity contribution in [2.45, 2.75) is 104 Å². The number of nitrogens with one attached hydrogen (secondary N) is 1. The van der Waals surface area contributed by atoms with Gasteiger partial charge in [0.2, 0.25) is 0 Å². The molecule has 0 aromatic carbocycles. The first kappa shape index (κ1) is 31.0. The van der Waals surface area contributed by atoms with E-state index in [-0.39, 0.29) is 28.4 Å². The Morgan fingerprint density at radius 1 is 0.722 bits per heavy atom. The predicted molar refractivity (Wildman–Crippen MR) is 146 cm³/mol. The number of carbonyl (C=O) groups excluding carboxylic acids is 4. The summed E-state index contributed by atoms with van der Waals surface area (Å²) in [5.74, 6) is 1.52. The van der Waals surface area contributed by atoms with Crippen LogP contribution < -0.4 is 5.32 Å². The summed E-state index contributed by atoms with van der Waals surface area (Å²) in [6, 6.07) is 0. The number of rotatable bonds is 16. The zero-order valence-corrected chi connectivity index (χ0v) is 23.8. The molecule has 0 atom stereocenters. The Hall–Kier alpha value is -1.22. The van der Waals surface area contributed by atoms with Gasteiger partial charge in [-0.3, -0.25) is 4.79 Å². The Morgan fingerprint density at radius 3 is 1.78 bits per heavy atom. The number of hydrogen-bond donors (Lipinski definition) is 1. The van der Waals surface area contributed by atoms with Crippen LogP contribution in [-0.4, -0.2) is 54.9 Å². The molecule has 1 N–H and O–H groups in total. The summed E-state index contributed by atoms with van der Waals surface area (Å²) < 4.78 is 10.7. The number of carbonyl (C=O) groups is 4. The lowest BCUT2D eigenvalue weighted by Gasteiger charge is -2.36. The molecular formula is C27H45NO6S2. The molecule has 9 heteroatoms. The minimum Gasteiger partial charge on any atom is -0.465 e. The molecule has 0 aromatic rings. The van der Waals surface area contributed by atoms with E-state index in [0.29, 0.717) is 50.5 Å². The summed E-state index contributed by atoms with van der Waals surface area (Å²) in [7, 11) is 3.17. The van der Waals surface area contributed by atoms with Gasteiger partial charge in [-0.2, -0.15) is 0 Å². The molecule has 2 saturated carbocycles. The van der Waals surface area contributed by atoms with Crippen molar-refractivity contribution in [2.75, 3.05) is 31.3 Å². The minimum absolute atomic E-state index is 0.00951. The van der Waals surface area contributed by atoms with E-state index >= 15 is 0 Å². The third kappa shape index (κ3) is 12.3. The van der Waals surface area contributed by atoms with Gasteiger partial charge < -0.3 is 24.4 Å². The van der Waals surface area contributed by atoms with Crippen LogP contribution in [0.2, 0.25) is 0 Å². The average Bonchev–Trinajstić information content (AvgIpc) is 2.83. The van der Waals surface area contributed by atoms with Crippen LogP contribution in [0.3, 0.4) is 0 Å². The van der Waals surface area contributed by atoms with Crippen LogP contribution in [0.4, 0.5) is 4.79 Å². The maximum Gasteiger partial charge on any atom is 0.407 e. The molecule has 0 saturated heterocycles. The molecule has 0 spiro atoms. The maximum atomic E-state index is 12.2. The lowest BCUT2D eigenvalue weighted by Crippen LogP contribution is -2.40. The zero-order chi connectivity index (χ0) is 26.3. The number of Topliss-reactive ketones (excluding diaryl/α,β-unsaturated/α-hetero) is 2. The van der Waals surface area contributed by atoms with Crippen LogP contribution in [0.15, 0.2) is 0 Å². The minimum atomic E-state index is -0.427. The second kappa shape index (κ2) is 16.6. The molecule has 0 aliphatic heterocycles. The molecule has 2 aliphatic rings. The molecule has 0 bridgehead atoms.